The first kappa shape index (κ1) is 46.1. The minimum Gasteiger partial charge on any atom is -0.464 e. The van der Waals surface area contributed by atoms with Crippen molar-refractivity contribution in [3.63, 3.8) is 0 Å². The number of halogens is 1. The lowest BCUT2D eigenvalue weighted by Gasteiger charge is -2.30. The third kappa shape index (κ3) is 8.50. The van der Waals surface area contributed by atoms with Gasteiger partial charge in [-0.25, -0.2) is 23.9 Å². The van der Waals surface area contributed by atoms with E-state index in [4.69, 9.17) is 24.2 Å². The first-order valence-electron chi connectivity index (χ1n) is 24.0. The molecule has 1 unspecified atom stereocenters. The highest BCUT2D eigenvalue weighted by atomic mass is 32.1. The SMILES string of the molecule is COC(=O)N[C@H](C(=O)N1CCC[C@H]1c1ncc(-c2cc(F)c3c(c2)OC(c2cc4c(s2)CCCC4)n2c-3cc3cc(-c4cnc([C@@H]5CCCN5C(=O)[C@@H](NC(=O)OC)C(C)C)[nH]4)ccc32)[nH]1)C(C)C. The molecule has 362 valence electrons. The number of hydrogen-bond donors (Lipinski definition) is 4. The van der Waals surface area contributed by atoms with Gasteiger partial charge in [-0.1, -0.05) is 33.8 Å². The summed E-state index contributed by atoms with van der Waals surface area (Å²) in [6.45, 7) is 8.60. The van der Waals surface area contributed by atoms with Gasteiger partial charge in [0.2, 0.25) is 18.0 Å². The number of hydrogen-bond acceptors (Lipinski definition) is 10. The zero-order chi connectivity index (χ0) is 48.2. The van der Waals surface area contributed by atoms with Crippen molar-refractivity contribution in [1.29, 1.82) is 0 Å². The van der Waals surface area contributed by atoms with Gasteiger partial charge in [0.05, 0.1) is 71.7 Å². The second-order valence-electron chi connectivity index (χ2n) is 19.2. The molecule has 0 radical (unpaired) electrons. The molecule has 1 aliphatic carbocycles. The fraction of sp³-hybridized carbons (Fsp3) is 0.451. The molecule has 0 saturated carbocycles. The number of methoxy groups -OCH3 is 2. The first-order chi connectivity index (χ1) is 33.3. The van der Waals surface area contributed by atoms with Gasteiger partial charge in [0, 0.05) is 34.5 Å². The second kappa shape index (κ2) is 18.7. The van der Waals surface area contributed by atoms with Crippen molar-refractivity contribution in [2.24, 2.45) is 11.8 Å². The summed E-state index contributed by atoms with van der Waals surface area (Å²) in [6, 6.07) is 11.7. The monoisotopic (exact) mass is 959 g/mol. The lowest BCUT2D eigenvalue weighted by atomic mass is 9.99. The zero-order valence-corrected chi connectivity index (χ0v) is 40.5. The predicted octanol–water partition coefficient (Wildman–Crippen LogP) is 9.20. The fourth-order valence-electron chi connectivity index (χ4n) is 10.6. The highest BCUT2D eigenvalue weighted by Crippen LogP contribution is 2.49. The third-order valence-corrected chi connectivity index (χ3v) is 15.4. The number of rotatable bonds is 11. The molecule has 4 N–H and O–H groups in total. The molecule has 2 aromatic carbocycles. The van der Waals surface area contributed by atoms with E-state index in [1.165, 1.54) is 30.7 Å². The molecule has 4 aliphatic rings. The summed E-state index contributed by atoms with van der Waals surface area (Å²) in [5, 5.41) is 6.30. The van der Waals surface area contributed by atoms with Crippen LogP contribution >= 0.6 is 11.3 Å². The fourth-order valence-corrected chi connectivity index (χ4v) is 11.9. The smallest absolute Gasteiger partial charge is 0.407 e. The Morgan fingerprint density at radius 1 is 0.768 bits per heavy atom. The molecule has 3 aliphatic heterocycles. The van der Waals surface area contributed by atoms with Crippen LogP contribution in [0.3, 0.4) is 0 Å². The lowest BCUT2D eigenvalue weighted by molar-refractivity contribution is -0.136. The number of ether oxygens (including phenoxy) is 3. The minimum atomic E-state index is -0.767. The van der Waals surface area contributed by atoms with Gasteiger partial charge in [0.15, 0.2) is 0 Å². The van der Waals surface area contributed by atoms with E-state index in [9.17, 15) is 19.2 Å². The van der Waals surface area contributed by atoms with E-state index in [2.05, 4.69) is 37.3 Å². The Balaban J connectivity index is 0.974. The number of imidazole rings is 2. The van der Waals surface area contributed by atoms with Gasteiger partial charge in [-0.15, -0.1) is 11.3 Å². The number of nitrogens with one attached hydrogen (secondary N) is 4. The first-order valence-corrected chi connectivity index (χ1v) is 24.8. The number of aromatic nitrogens is 5. The molecule has 2 fully saturated rings. The van der Waals surface area contributed by atoms with Gasteiger partial charge in [-0.2, -0.15) is 0 Å². The molecule has 5 atom stereocenters. The van der Waals surface area contributed by atoms with E-state index in [0.29, 0.717) is 59.4 Å². The average molecular weight is 960 g/mol. The van der Waals surface area contributed by atoms with Crippen LogP contribution in [-0.2, 0) is 31.9 Å². The summed E-state index contributed by atoms with van der Waals surface area (Å²) in [7, 11) is 2.55. The van der Waals surface area contributed by atoms with Gasteiger partial charge in [0.25, 0.3) is 0 Å². The number of aromatic amines is 2. The maximum absolute atomic E-state index is 17.0. The van der Waals surface area contributed by atoms with Crippen LogP contribution in [-0.4, -0.2) is 97.7 Å². The largest absolute Gasteiger partial charge is 0.464 e. The number of carbonyl (C=O) groups excluding carboxylic acids is 4. The second-order valence-corrected chi connectivity index (χ2v) is 20.4. The van der Waals surface area contributed by atoms with Crippen molar-refractivity contribution in [3.8, 4) is 39.5 Å². The summed E-state index contributed by atoms with van der Waals surface area (Å²) < 4.78 is 35.7. The number of carbonyl (C=O) groups is 4. The molecule has 0 bridgehead atoms. The molecular formula is C51H58FN9O7S. The lowest BCUT2D eigenvalue weighted by Crippen LogP contribution is -2.51. The molecule has 7 heterocycles. The van der Waals surface area contributed by atoms with Crippen LogP contribution in [0.1, 0.15) is 111 Å². The average Bonchev–Trinajstić information content (AvgIpc) is 4.21. The van der Waals surface area contributed by atoms with Crippen molar-refractivity contribution >= 4 is 46.2 Å². The predicted molar refractivity (Wildman–Crippen MR) is 258 cm³/mol. The Hall–Kier alpha value is -6.69. The maximum atomic E-state index is 17.0. The molecule has 4 amide bonds. The third-order valence-electron chi connectivity index (χ3n) is 14.2. The quantitative estimate of drug-likeness (QED) is 0.0982. The van der Waals surface area contributed by atoms with Crippen LogP contribution < -0.4 is 15.4 Å². The molecule has 69 heavy (non-hydrogen) atoms. The number of nitrogens with zero attached hydrogens (tertiary/aromatic N) is 5. The van der Waals surface area contributed by atoms with E-state index in [1.54, 1.807) is 33.5 Å². The molecule has 4 aromatic heterocycles. The Labute approximate surface area is 403 Å². The maximum Gasteiger partial charge on any atom is 0.407 e. The number of thiophene rings is 1. The van der Waals surface area contributed by atoms with Crippen molar-refractivity contribution in [1.82, 2.24) is 44.9 Å². The molecule has 10 rings (SSSR count). The summed E-state index contributed by atoms with van der Waals surface area (Å²) >= 11 is 1.76. The summed E-state index contributed by atoms with van der Waals surface area (Å²) in [5.41, 5.74) is 6.09. The Bertz CT molecular complexity index is 2930. The van der Waals surface area contributed by atoms with Crippen molar-refractivity contribution in [2.45, 2.75) is 109 Å². The van der Waals surface area contributed by atoms with Crippen LogP contribution in [0, 0.1) is 17.7 Å². The van der Waals surface area contributed by atoms with Crippen LogP contribution in [0.4, 0.5) is 14.0 Å². The number of aryl methyl sites for hydroxylation is 2. The van der Waals surface area contributed by atoms with Crippen molar-refractivity contribution < 1.29 is 37.8 Å². The molecule has 0 spiro atoms. The number of H-pyrrole nitrogens is 2. The van der Waals surface area contributed by atoms with Gasteiger partial charge in [-0.3, -0.25) is 14.2 Å². The Kier molecular flexibility index (Phi) is 12.5. The standard InChI is InChI=1S/C51H58FN9O7S/c1-26(2)43(57-50(64)66-5)47(62)59-17-9-12-36(59)45-53-24-33(55-45)28-15-16-35-31(19-28)21-38-42-32(52)20-30(22-39(42)68-49(61(35)38)41-23-29-11-7-8-14-40(29)69-41)34-25-54-46(56-34)37-13-10-18-60(37)48(63)44(27(3)4)58-51(65)67-6/h15-16,19-27,36-37,43-44,49H,7-14,17-18H2,1-6H3,(H,53,55)(H,54,56)(H,57,64)(H,58,65)/t36-,37-,43-,44-,49?/m0/s1. The van der Waals surface area contributed by atoms with Crippen molar-refractivity contribution in [2.75, 3.05) is 27.3 Å². The van der Waals surface area contributed by atoms with Gasteiger partial charge < -0.3 is 44.6 Å². The van der Waals surface area contributed by atoms with E-state index in [-0.39, 0.29) is 35.7 Å². The summed E-state index contributed by atoms with van der Waals surface area (Å²) in [4.78, 5) is 74.3. The highest BCUT2D eigenvalue weighted by molar-refractivity contribution is 7.12. The normalized spacial score (nSPS) is 19.5. The summed E-state index contributed by atoms with van der Waals surface area (Å²) in [5.74, 6) is 0.505. The van der Waals surface area contributed by atoms with Gasteiger partial charge >= 0.3 is 12.2 Å². The molecule has 2 saturated heterocycles. The van der Waals surface area contributed by atoms with E-state index < -0.39 is 36.3 Å². The van der Waals surface area contributed by atoms with Crippen LogP contribution in [0.25, 0.3) is 44.7 Å². The number of benzene rings is 2. The number of likely N-dealkylation sites (tertiary alicyclic amines) is 2. The minimum absolute atomic E-state index is 0.149. The van der Waals surface area contributed by atoms with Gasteiger partial charge in [0.1, 0.15) is 35.3 Å². The Morgan fingerprint density at radius 3 is 1.94 bits per heavy atom. The topological polar surface area (TPSA) is 189 Å². The summed E-state index contributed by atoms with van der Waals surface area (Å²) in [6.07, 6.45) is 8.89. The Morgan fingerprint density at radius 2 is 1.36 bits per heavy atom. The van der Waals surface area contributed by atoms with E-state index >= 15 is 4.39 Å². The van der Waals surface area contributed by atoms with Crippen LogP contribution in [0.2, 0.25) is 0 Å². The molecule has 6 aromatic rings. The molecular weight excluding hydrogens is 902 g/mol. The number of alkyl carbamates (subject to hydrolysis) is 2. The van der Waals surface area contributed by atoms with Crippen molar-refractivity contribution in [3.05, 3.63) is 87.6 Å². The number of fused-ring (bicyclic) bond motifs is 6. The van der Waals surface area contributed by atoms with Gasteiger partial charge in [-0.05, 0) is 105 Å². The van der Waals surface area contributed by atoms with Crippen LogP contribution in [0.15, 0.2) is 54.9 Å². The highest BCUT2D eigenvalue weighted by Gasteiger charge is 2.40. The van der Waals surface area contributed by atoms with E-state index in [0.717, 1.165) is 72.0 Å². The number of amides is 4. The van der Waals surface area contributed by atoms with E-state index in [1.807, 2.05) is 52.0 Å². The molecule has 16 nitrogen and oxygen atoms in total. The van der Waals surface area contributed by atoms with Crippen LogP contribution in [0.5, 0.6) is 5.75 Å². The molecule has 18 heteroatoms. The zero-order valence-electron chi connectivity index (χ0n) is 39.7.